The molecule has 1 N–H and O–H groups in total. The summed E-state index contributed by atoms with van der Waals surface area (Å²) >= 11 is 2.07. The van der Waals surface area contributed by atoms with Crippen molar-refractivity contribution >= 4 is 28.6 Å². The fourth-order valence-electron chi connectivity index (χ4n) is 2.28. The summed E-state index contributed by atoms with van der Waals surface area (Å²) in [5.74, 6) is 2.19. The van der Waals surface area contributed by atoms with Gasteiger partial charge in [0.05, 0.1) is 11.6 Å². The Balaban J connectivity index is 1.74. The zero-order valence-electron chi connectivity index (χ0n) is 10.5. The third-order valence-corrected chi connectivity index (χ3v) is 4.70. The molecular weight excluding hydrogens is 246 g/mol. The molecular formula is C12H17N5S. The maximum atomic E-state index is 4.32. The van der Waals surface area contributed by atoms with Crippen LogP contribution >= 0.6 is 11.8 Å². The van der Waals surface area contributed by atoms with E-state index in [1.165, 1.54) is 25.0 Å². The molecule has 1 aliphatic heterocycles. The van der Waals surface area contributed by atoms with Gasteiger partial charge in [0, 0.05) is 18.8 Å². The molecule has 1 unspecified atom stereocenters. The maximum absolute atomic E-state index is 4.32. The molecule has 3 rings (SSSR count). The molecule has 6 heteroatoms. The fraction of sp³-hybridized carbons (Fsp3) is 0.583. The van der Waals surface area contributed by atoms with E-state index in [9.17, 15) is 0 Å². The highest BCUT2D eigenvalue weighted by Crippen LogP contribution is 2.26. The number of fused-ring (bicyclic) bond motifs is 1. The lowest BCUT2D eigenvalue weighted by molar-refractivity contribution is 0.677. The minimum atomic E-state index is 0.709. The van der Waals surface area contributed by atoms with Gasteiger partial charge in [-0.1, -0.05) is 6.42 Å². The zero-order chi connectivity index (χ0) is 12.4. The molecule has 2 aromatic heterocycles. The standard InChI is InChI=1S/C12H17N5S/c1-17-12-10(7-16-17)11(14-8-15-12)13-6-9-4-2-3-5-18-9/h7-9H,2-6H2,1H3,(H,13,14,15). The predicted molar refractivity (Wildman–Crippen MR) is 74.9 cm³/mol. The number of hydrogen-bond donors (Lipinski definition) is 1. The van der Waals surface area contributed by atoms with Crippen molar-refractivity contribution in [3.8, 4) is 0 Å². The van der Waals surface area contributed by atoms with Crippen molar-refractivity contribution in [2.24, 2.45) is 7.05 Å². The molecule has 0 bridgehead atoms. The Morgan fingerprint density at radius 2 is 2.39 bits per heavy atom. The van der Waals surface area contributed by atoms with Gasteiger partial charge in [-0.25, -0.2) is 9.97 Å². The van der Waals surface area contributed by atoms with E-state index in [0.717, 1.165) is 23.4 Å². The molecule has 1 aliphatic rings. The van der Waals surface area contributed by atoms with Crippen molar-refractivity contribution < 1.29 is 0 Å². The molecule has 1 saturated heterocycles. The van der Waals surface area contributed by atoms with E-state index in [4.69, 9.17) is 0 Å². The SMILES string of the molecule is Cn1ncc2c(NCC3CCCCS3)ncnc21. The van der Waals surface area contributed by atoms with Crippen molar-refractivity contribution in [2.75, 3.05) is 17.6 Å². The second kappa shape index (κ2) is 5.14. The first-order valence-corrected chi connectivity index (χ1v) is 7.37. The molecule has 0 spiro atoms. The van der Waals surface area contributed by atoms with Crippen LogP contribution in [0.5, 0.6) is 0 Å². The zero-order valence-corrected chi connectivity index (χ0v) is 11.3. The van der Waals surface area contributed by atoms with Crippen LogP contribution in [0, 0.1) is 0 Å². The monoisotopic (exact) mass is 263 g/mol. The van der Waals surface area contributed by atoms with E-state index in [1.54, 1.807) is 11.0 Å². The highest BCUT2D eigenvalue weighted by Gasteiger charge is 2.14. The Labute approximate surface area is 110 Å². The first-order chi connectivity index (χ1) is 8.84. The van der Waals surface area contributed by atoms with Crippen LogP contribution in [-0.4, -0.2) is 37.3 Å². The lowest BCUT2D eigenvalue weighted by Crippen LogP contribution is -2.20. The smallest absolute Gasteiger partial charge is 0.163 e. The fourth-order valence-corrected chi connectivity index (χ4v) is 3.52. The molecule has 2 aromatic rings. The average Bonchev–Trinajstić information content (AvgIpc) is 2.80. The lowest BCUT2D eigenvalue weighted by Gasteiger charge is -2.21. The summed E-state index contributed by atoms with van der Waals surface area (Å²) in [6.07, 6.45) is 7.44. The second-order valence-electron chi connectivity index (χ2n) is 4.60. The quantitative estimate of drug-likeness (QED) is 0.918. The summed E-state index contributed by atoms with van der Waals surface area (Å²) in [7, 11) is 1.90. The Bertz CT molecular complexity index is 532. The largest absolute Gasteiger partial charge is 0.368 e. The van der Waals surface area contributed by atoms with Crippen LogP contribution in [0.4, 0.5) is 5.82 Å². The molecule has 3 heterocycles. The van der Waals surface area contributed by atoms with Crippen molar-refractivity contribution in [1.82, 2.24) is 19.7 Å². The molecule has 0 aromatic carbocycles. The van der Waals surface area contributed by atoms with Crippen LogP contribution in [0.2, 0.25) is 0 Å². The molecule has 0 saturated carbocycles. The minimum Gasteiger partial charge on any atom is -0.368 e. The van der Waals surface area contributed by atoms with Crippen LogP contribution < -0.4 is 5.32 Å². The van der Waals surface area contributed by atoms with Gasteiger partial charge >= 0.3 is 0 Å². The molecule has 1 atom stereocenters. The van der Waals surface area contributed by atoms with Crippen molar-refractivity contribution in [3.05, 3.63) is 12.5 Å². The molecule has 0 radical (unpaired) electrons. The predicted octanol–water partition coefficient (Wildman–Crippen LogP) is 2.06. The topological polar surface area (TPSA) is 55.6 Å². The van der Waals surface area contributed by atoms with Crippen molar-refractivity contribution in [2.45, 2.75) is 24.5 Å². The van der Waals surface area contributed by atoms with Gasteiger partial charge < -0.3 is 5.32 Å². The van der Waals surface area contributed by atoms with E-state index in [1.807, 2.05) is 13.2 Å². The Morgan fingerprint density at radius 3 is 3.22 bits per heavy atom. The van der Waals surface area contributed by atoms with Gasteiger partial charge in [-0.15, -0.1) is 0 Å². The van der Waals surface area contributed by atoms with E-state index >= 15 is 0 Å². The van der Waals surface area contributed by atoms with Crippen LogP contribution in [0.1, 0.15) is 19.3 Å². The number of rotatable bonds is 3. The number of nitrogens with zero attached hydrogens (tertiary/aromatic N) is 4. The molecule has 0 aliphatic carbocycles. The number of thioether (sulfide) groups is 1. The first-order valence-electron chi connectivity index (χ1n) is 6.33. The van der Waals surface area contributed by atoms with Crippen LogP contribution in [0.15, 0.2) is 12.5 Å². The molecule has 5 nitrogen and oxygen atoms in total. The van der Waals surface area contributed by atoms with Crippen LogP contribution in [0.25, 0.3) is 11.0 Å². The molecule has 18 heavy (non-hydrogen) atoms. The number of aryl methyl sites for hydroxylation is 1. The summed E-state index contributed by atoms with van der Waals surface area (Å²) in [6.45, 7) is 0.978. The number of aromatic nitrogens is 4. The summed E-state index contributed by atoms with van der Waals surface area (Å²) in [6, 6.07) is 0. The average molecular weight is 263 g/mol. The van der Waals surface area contributed by atoms with Crippen LogP contribution in [-0.2, 0) is 7.05 Å². The maximum Gasteiger partial charge on any atom is 0.163 e. The Morgan fingerprint density at radius 1 is 1.44 bits per heavy atom. The normalized spacial score (nSPS) is 20.2. The van der Waals surface area contributed by atoms with Gasteiger partial charge in [-0.3, -0.25) is 4.68 Å². The minimum absolute atomic E-state index is 0.709. The second-order valence-corrected chi connectivity index (χ2v) is 6.01. The third kappa shape index (κ3) is 2.29. The highest BCUT2D eigenvalue weighted by atomic mass is 32.2. The van der Waals surface area contributed by atoms with Crippen molar-refractivity contribution in [3.63, 3.8) is 0 Å². The van der Waals surface area contributed by atoms with E-state index in [-0.39, 0.29) is 0 Å². The highest BCUT2D eigenvalue weighted by molar-refractivity contribution is 7.99. The van der Waals surface area contributed by atoms with Gasteiger partial charge in [0.1, 0.15) is 12.1 Å². The summed E-state index contributed by atoms with van der Waals surface area (Å²) in [5, 5.41) is 9.38. The number of hydrogen-bond acceptors (Lipinski definition) is 5. The van der Waals surface area contributed by atoms with Gasteiger partial charge in [0.15, 0.2) is 5.65 Å². The lowest BCUT2D eigenvalue weighted by atomic mass is 10.2. The van der Waals surface area contributed by atoms with E-state index in [2.05, 4.69) is 32.1 Å². The molecule has 96 valence electrons. The number of anilines is 1. The van der Waals surface area contributed by atoms with Gasteiger partial charge in [-0.05, 0) is 18.6 Å². The van der Waals surface area contributed by atoms with E-state index < -0.39 is 0 Å². The Kier molecular flexibility index (Phi) is 3.36. The van der Waals surface area contributed by atoms with Crippen LogP contribution in [0.3, 0.4) is 0 Å². The third-order valence-electron chi connectivity index (χ3n) is 3.30. The van der Waals surface area contributed by atoms with E-state index in [0.29, 0.717) is 5.25 Å². The number of nitrogens with one attached hydrogen (secondary N) is 1. The summed E-state index contributed by atoms with van der Waals surface area (Å²) < 4.78 is 1.78. The summed E-state index contributed by atoms with van der Waals surface area (Å²) in [4.78, 5) is 8.56. The molecule has 0 amide bonds. The van der Waals surface area contributed by atoms with Gasteiger partial charge in [0.2, 0.25) is 0 Å². The molecule has 1 fully saturated rings. The van der Waals surface area contributed by atoms with Gasteiger partial charge in [-0.2, -0.15) is 16.9 Å². The Hall–Kier alpha value is -1.30. The van der Waals surface area contributed by atoms with Crippen molar-refractivity contribution in [1.29, 1.82) is 0 Å². The first kappa shape index (κ1) is 11.8. The van der Waals surface area contributed by atoms with Gasteiger partial charge in [0.25, 0.3) is 0 Å². The summed E-state index contributed by atoms with van der Waals surface area (Å²) in [5.41, 5.74) is 0.879.